The molecule has 0 unspecified atom stereocenters. The van der Waals surface area contributed by atoms with E-state index in [-0.39, 0.29) is 18.6 Å². The Morgan fingerprint density at radius 1 is 1.42 bits per heavy atom. The molecule has 0 radical (unpaired) electrons. The summed E-state index contributed by atoms with van der Waals surface area (Å²) in [7, 11) is 0. The van der Waals surface area contributed by atoms with E-state index < -0.39 is 0 Å². The lowest BCUT2D eigenvalue weighted by Gasteiger charge is -2.10. The van der Waals surface area contributed by atoms with Gasteiger partial charge in [0.25, 0.3) is 5.91 Å². The summed E-state index contributed by atoms with van der Waals surface area (Å²) in [6.07, 6.45) is 1.42. The molecule has 2 rings (SSSR count). The van der Waals surface area contributed by atoms with Crippen LogP contribution in [0.1, 0.15) is 13.8 Å². The largest absolute Gasteiger partial charge is 0.467 e. The molecular formula is C13H14BrN3O2. The fourth-order valence-corrected chi connectivity index (χ4v) is 1.98. The maximum Gasteiger partial charge on any atom is 0.258 e. The molecule has 19 heavy (non-hydrogen) atoms. The minimum absolute atomic E-state index is 0.0587. The Morgan fingerprint density at radius 2 is 2.21 bits per heavy atom. The third-order valence-corrected chi connectivity index (χ3v) is 2.84. The summed E-state index contributed by atoms with van der Waals surface area (Å²) in [4.78, 5) is 19.8. The van der Waals surface area contributed by atoms with E-state index in [1.807, 2.05) is 32.0 Å². The van der Waals surface area contributed by atoms with E-state index in [9.17, 15) is 4.79 Å². The number of nitrogens with one attached hydrogen (secondary N) is 1. The van der Waals surface area contributed by atoms with Gasteiger partial charge < -0.3 is 10.1 Å². The van der Waals surface area contributed by atoms with Crippen LogP contribution in [0.2, 0.25) is 0 Å². The molecule has 0 fully saturated rings. The molecule has 0 saturated carbocycles. The number of fused-ring (bicyclic) bond motifs is 1. The van der Waals surface area contributed by atoms with Crippen molar-refractivity contribution in [2.45, 2.75) is 19.9 Å². The number of carbonyl (C=O) groups is 1. The zero-order chi connectivity index (χ0) is 13.8. The molecule has 1 heterocycles. The Kier molecular flexibility index (Phi) is 4.31. The third kappa shape index (κ3) is 3.64. The van der Waals surface area contributed by atoms with E-state index in [1.54, 1.807) is 0 Å². The van der Waals surface area contributed by atoms with Gasteiger partial charge in [0, 0.05) is 10.5 Å². The third-order valence-electron chi connectivity index (χ3n) is 2.35. The van der Waals surface area contributed by atoms with E-state index in [2.05, 4.69) is 31.2 Å². The Labute approximate surface area is 119 Å². The molecule has 0 aliphatic heterocycles. The summed E-state index contributed by atoms with van der Waals surface area (Å²) in [6, 6.07) is 5.71. The summed E-state index contributed by atoms with van der Waals surface area (Å²) in [5.41, 5.74) is 0.775. The fraction of sp³-hybridized carbons (Fsp3) is 0.308. The van der Waals surface area contributed by atoms with Crippen LogP contribution in [0.5, 0.6) is 5.88 Å². The van der Waals surface area contributed by atoms with Gasteiger partial charge in [0.2, 0.25) is 5.88 Å². The quantitative estimate of drug-likeness (QED) is 0.937. The average molecular weight is 324 g/mol. The van der Waals surface area contributed by atoms with Crippen LogP contribution in [-0.4, -0.2) is 28.5 Å². The van der Waals surface area contributed by atoms with Gasteiger partial charge in [-0.1, -0.05) is 15.9 Å². The molecule has 0 spiro atoms. The Balaban J connectivity index is 2.16. The highest BCUT2D eigenvalue weighted by Gasteiger charge is 2.09. The number of benzene rings is 1. The van der Waals surface area contributed by atoms with Crippen molar-refractivity contribution in [1.82, 2.24) is 15.3 Å². The summed E-state index contributed by atoms with van der Waals surface area (Å²) in [5.74, 6) is 0.238. The van der Waals surface area contributed by atoms with E-state index >= 15 is 0 Å². The highest BCUT2D eigenvalue weighted by molar-refractivity contribution is 9.10. The summed E-state index contributed by atoms with van der Waals surface area (Å²) < 4.78 is 6.36. The first-order valence-electron chi connectivity index (χ1n) is 5.88. The monoisotopic (exact) mass is 323 g/mol. The number of amides is 1. The van der Waals surface area contributed by atoms with E-state index in [4.69, 9.17) is 4.74 Å². The predicted octanol–water partition coefficient (Wildman–Crippen LogP) is 2.30. The van der Waals surface area contributed by atoms with Crippen molar-refractivity contribution in [1.29, 1.82) is 0 Å². The molecule has 1 aromatic heterocycles. The van der Waals surface area contributed by atoms with Gasteiger partial charge in [0.05, 0.1) is 10.9 Å². The van der Waals surface area contributed by atoms with Crippen LogP contribution in [0, 0.1) is 0 Å². The lowest BCUT2D eigenvalue weighted by Crippen LogP contribution is -2.34. The number of rotatable bonds is 4. The van der Waals surface area contributed by atoms with Crippen LogP contribution in [0.3, 0.4) is 0 Å². The van der Waals surface area contributed by atoms with Crippen molar-refractivity contribution >= 4 is 32.7 Å². The zero-order valence-corrected chi connectivity index (χ0v) is 12.3. The number of halogens is 1. The molecule has 1 aromatic carbocycles. The maximum atomic E-state index is 11.5. The van der Waals surface area contributed by atoms with Crippen LogP contribution < -0.4 is 10.1 Å². The Bertz CT molecular complexity index is 601. The second kappa shape index (κ2) is 5.97. The summed E-state index contributed by atoms with van der Waals surface area (Å²) in [6.45, 7) is 3.74. The number of hydrogen-bond acceptors (Lipinski definition) is 4. The summed E-state index contributed by atoms with van der Waals surface area (Å²) >= 11 is 3.39. The van der Waals surface area contributed by atoms with Gasteiger partial charge >= 0.3 is 0 Å². The van der Waals surface area contributed by atoms with Crippen LogP contribution in [0.4, 0.5) is 0 Å². The topological polar surface area (TPSA) is 64.1 Å². The maximum absolute atomic E-state index is 11.5. The van der Waals surface area contributed by atoms with Crippen molar-refractivity contribution in [3.8, 4) is 5.88 Å². The minimum Gasteiger partial charge on any atom is -0.467 e. The standard InChI is InChI=1S/C13H14BrN3O2/c1-8(2)17-12(18)6-19-13-10-5-9(14)3-4-11(10)15-7-16-13/h3-5,7-8H,6H2,1-2H3,(H,17,18). The number of carbonyl (C=O) groups excluding carboxylic acids is 1. The first-order valence-corrected chi connectivity index (χ1v) is 6.68. The molecule has 100 valence electrons. The van der Waals surface area contributed by atoms with Gasteiger partial charge in [-0.15, -0.1) is 0 Å². The first-order chi connectivity index (χ1) is 9.06. The molecule has 0 aliphatic carbocycles. The van der Waals surface area contributed by atoms with E-state index in [0.717, 1.165) is 15.4 Å². The van der Waals surface area contributed by atoms with Crippen LogP contribution >= 0.6 is 15.9 Å². The first kappa shape index (κ1) is 13.7. The average Bonchev–Trinajstić information content (AvgIpc) is 2.35. The highest BCUT2D eigenvalue weighted by atomic mass is 79.9. The second-order valence-electron chi connectivity index (χ2n) is 4.35. The molecule has 5 nitrogen and oxygen atoms in total. The van der Waals surface area contributed by atoms with Gasteiger partial charge in [-0.3, -0.25) is 4.79 Å². The van der Waals surface area contributed by atoms with Gasteiger partial charge in [-0.05, 0) is 32.0 Å². The molecule has 2 aromatic rings. The number of nitrogens with zero attached hydrogens (tertiary/aromatic N) is 2. The Hall–Kier alpha value is -1.69. The predicted molar refractivity (Wildman–Crippen MR) is 76.0 cm³/mol. The number of aromatic nitrogens is 2. The van der Waals surface area contributed by atoms with E-state index in [1.165, 1.54) is 6.33 Å². The normalized spacial score (nSPS) is 10.7. The molecule has 0 atom stereocenters. The lowest BCUT2D eigenvalue weighted by atomic mass is 10.2. The van der Waals surface area contributed by atoms with Gasteiger partial charge in [0.15, 0.2) is 6.61 Å². The lowest BCUT2D eigenvalue weighted by molar-refractivity contribution is -0.123. The van der Waals surface area contributed by atoms with Crippen molar-refractivity contribution in [3.63, 3.8) is 0 Å². The second-order valence-corrected chi connectivity index (χ2v) is 5.27. The smallest absolute Gasteiger partial charge is 0.258 e. The zero-order valence-electron chi connectivity index (χ0n) is 10.7. The molecule has 6 heteroatoms. The molecule has 1 N–H and O–H groups in total. The number of hydrogen-bond donors (Lipinski definition) is 1. The minimum atomic E-state index is -0.170. The van der Waals surface area contributed by atoms with Crippen molar-refractivity contribution in [3.05, 3.63) is 29.0 Å². The summed E-state index contributed by atoms with van der Waals surface area (Å²) in [5, 5.41) is 3.53. The van der Waals surface area contributed by atoms with Crippen molar-refractivity contribution < 1.29 is 9.53 Å². The van der Waals surface area contributed by atoms with Gasteiger partial charge in [-0.25, -0.2) is 9.97 Å². The van der Waals surface area contributed by atoms with Crippen molar-refractivity contribution in [2.75, 3.05) is 6.61 Å². The Morgan fingerprint density at radius 3 is 2.95 bits per heavy atom. The van der Waals surface area contributed by atoms with Crippen LogP contribution in [-0.2, 0) is 4.79 Å². The van der Waals surface area contributed by atoms with E-state index in [0.29, 0.717) is 5.88 Å². The highest BCUT2D eigenvalue weighted by Crippen LogP contribution is 2.24. The number of ether oxygens (including phenoxy) is 1. The molecular weight excluding hydrogens is 310 g/mol. The molecule has 0 saturated heterocycles. The van der Waals surface area contributed by atoms with Gasteiger partial charge in [-0.2, -0.15) is 0 Å². The molecule has 1 amide bonds. The SMILES string of the molecule is CC(C)NC(=O)COc1ncnc2ccc(Br)cc12. The van der Waals surface area contributed by atoms with Crippen LogP contribution in [0.15, 0.2) is 29.0 Å². The van der Waals surface area contributed by atoms with Gasteiger partial charge in [0.1, 0.15) is 6.33 Å². The molecule has 0 bridgehead atoms. The molecule has 0 aliphatic rings. The fourth-order valence-electron chi connectivity index (χ4n) is 1.62. The van der Waals surface area contributed by atoms with Crippen molar-refractivity contribution in [2.24, 2.45) is 0 Å². The van der Waals surface area contributed by atoms with Crippen LogP contribution in [0.25, 0.3) is 10.9 Å².